The van der Waals surface area contributed by atoms with Gasteiger partial charge in [0, 0.05) is 17.7 Å². The molecule has 3 aromatic rings. The smallest absolute Gasteiger partial charge is 0.269 e. The highest BCUT2D eigenvalue weighted by Crippen LogP contribution is 2.25. The number of non-ortho nitro benzene ring substituents is 1. The number of nitro benzene ring substituents is 1. The van der Waals surface area contributed by atoms with E-state index in [9.17, 15) is 10.1 Å². The molecule has 0 aliphatic rings. The third-order valence-electron chi connectivity index (χ3n) is 3.43. The van der Waals surface area contributed by atoms with Crippen molar-refractivity contribution in [2.75, 3.05) is 0 Å². The Labute approximate surface area is 139 Å². The van der Waals surface area contributed by atoms with Crippen molar-refractivity contribution in [3.05, 3.63) is 106 Å². The van der Waals surface area contributed by atoms with Crippen LogP contribution in [0.5, 0.6) is 5.75 Å². The molecule has 0 aliphatic carbocycles. The quantitative estimate of drug-likeness (QED) is 0.282. The molecule has 0 unspecified atom stereocenters. The zero-order valence-corrected chi connectivity index (χ0v) is 12.8. The van der Waals surface area contributed by atoms with Gasteiger partial charge in [-0.1, -0.05) is 60.7 Å². The molecule has 118 valence electrons. The first-order chi connectivity index (χ1) is 11.7. The van der Waals surface area contributed by atoms with E-state index in [-0.39, 0.29) is 5.69 Å². The van der Waals surface area contributed by atoms with Crippen molar-refractivity contribution in [1.29, 1.82) is 0 Å². The SMILES string of the molecule is O=[N+]([O-])c1ccc(O/C(=C\c2ccccc2)c2ccccc2)cc1. The van der Waals surface area contributed by atoms with Gasteiger partial charge in [-0.15, -0.1) is 0 Å². The highest BCUT2D eigenvalue weighted by Gasteiger charge is 2.08. The van der Waals surface area contributed by atoms with Crippen LogP contribution in [0.1, 0.15) is 11.1 Å². The first-order valence-electron chi connectivity index (χ1n) is 7.47. The van der Waals surface area contributed by atoms with Crippen LogP contribution in [0.3, 0.4) is 0 Å². The monoisotopic (exact) mass is 317 g/mol. The molecule has 0 aliphatic heterocycles. The number of hydrogen-bond acceptors (Lipinski definition) is 3. The predicted molar refractivity (Wildman–Crippen MR) is 94.5 cm³/mol. The van der Waals surface area contributed by atoms with E-state index in [4.69, 9.17) is 4.74 Å². The second-order valence-electron chi connectivity index (χ2n) is 5.14. The Morgan fingerprint density at radius 3 is 2.00 bits per heavy atom. The van der Waals surface area contributed by atoms with Crippen LogP contribution in [0.15, 0.2) is 84.9 Å². The predicted octanol–water partition coefficient (Wildman–Crippen LogP) is 5.17. The molecule has 0 spiro atoms. The van der Waals surface area contributed by atoms with Crippen molar-refractivity contribution in [3.63, 3.8) is 0 Å². The topological polar surface area (TPSA) is 52.4 Å². The summed E-state index contributed by atoms with van der Waals surface area (Å²) in [5.74, 6) is 1.22. The summed E-state index contributed by atoms with van der Waals surface area (Å²) in [5.41, 5.74) is 1.98. The fourth-order valence-corrected chi connectivity index (χ4v) is 2.24. The van der Waals surface area contributed by atoms with Gasteiger partial charge < -0.3 is 4.74 Å². The average Bonchev–Trinajstić information content (AvgIpc) is 2.63. The largest absolute Gasteiger partial charge is 0.457 e. The summed E-state index contributed by atoms with van der Waals surface area (Å²) in [5, 5.41) is 10.8. The standard InChI is InChI=1S/C20H15NO3/c22-21(23)18-11-13-19(14-12-18)24-20(17-9-5-2-6-10-17)15-16-7-3-1-4-8-16/h1-15H/b20-15-. The van der Waals surface area contributed by atoms with Crippen LogP contribution in [-0.4, -0.2) is 4.92 Å². The van der Waals surface area contributed by atoms with Crippen LogP contribution in [0.4, 0.5) is 5.69 Å². The van der Waals surface area contributed by atoms with Gasteiger partial charge in [0.15, 0.2) is 0 Å². The van der Waals surface area contributed by atoms with Crippen LogP contribution >= 0.6 is 0 Å². The molecule has 0 N–H and O–H groups in total. The van der Waals surface area contributed by atoms with Gasteiger partial charge in [-0.3, -0.25) is 10.1 Å². The first kappa shape index (κ1) is 15.5. The van der Waals surface area contributed by atoms with E-state index < -0.39 is 4.92 Å². The molecule has 3 aromatic carbocycles. The van der Waals surface area contributed by atoms with E-state index in [1.807, 2.05) is 66.7 Å². The number of nitrogens with zero attached hydrogens (tertiary/aromatic N) is 1. The third-order valence-corrected chi connectivity index (χ3v) is 3.43. The lowest BCUT2D eigenvalue weighted by Crippen LogP contribution is -1.95. The van der Waals surface area contributed by atoms with E-state index in [0.29, 0.717) is 11.5 Å². The first-order valence-corrected chi connectivity index (χ1v) is 7.47. The van der Waals surface area contributed by atoms with Crippen LogP contribution in [0, 0.1) is 10.1 Å². The molecule has 24 heavy (non-hydrogen) atoms. The Morgan fingerprint density at radius 2 is 1.42 bits per heavy atom. The summed E-state index contributed by atoms with van der Waals surface area (Å²) in [6.45, 7) is 0. The summed E-state index contributed by atoms with van der Waals surface area (Å²) in [7, 11) is 0. The summed E-state index contributed by atoms with van der Waals surface area (Å²) >= 11 is 0. The van der Waals surface area contributed by atoms with Crippen LogP contribution in [0.25, 0.3) is 11.8 Å². The number of rotatable bonds is 5. The molecule has 0 saturated heterocycles. The van der Waals surface area contributed by atoms with E-state index in [0.717, 1.165) is 11.1 Å². The Bertz CT molecular complexity index is 841. The maximum atomic E-state index is 10.8. The molecule has 3 rings (SSSR count). The number of benzene rings is 3. The fourth-order valence-electron chi connectivity index (χ4n) is 2.24. The minimum atomic E-state index is -0.429. The Morgan fingerprint density at radius 1 is 0.833 bits per heavy atom. The zero-order chi connectivity index (χ0) is 16.8. The molecule has 0 radical (unpaired) electrons. The Balaban J connectivity index is 1.93. The summed E-state index contributed by atoms with van der Waals surface area (Å²) < 4.78 is 5.98. The average molecular weight is 317 g/mol. The third kappa shape index (κ3) is 3.87. The molecule has 0 bridgehead atoms. The van der Waals surface area contributed by atoms with E-state index in [2.05, 4.69) is 0 Å². The highest BCUT2D eigenvalue weighted by atomic mass is 16.6. The van der Waals surface area contributed by atoms with Crippen LogP contribution < -0.4 is 4.74 Å². The fraction of sp³-hybridized carbons (Fsp3) is 0. The molecule has 0 aromatic heterocycles. The Kier molecular flexibility index (Phi) is 4.68. The molecule has 0 fully saturated rings. The molecular weight excluding hydrogens is 302 g/mol. The second-order valence-corrected chi connectivity index (χ2v) is 5.14. The van der Waals surface area contributed by atoms with Crippen molar-refractivity contribution < 1.29 is 9.66 Å². The van der Waals surface area contributed by atoms with E-state index >= 15 is 0 Å². The van der Waals surface area contributed by atoms with E-state index in [1.165, 1.54) is 12.1 Å². The molecule has 0 atom stereocenters. The minimum Gasteiger partial charge on any atom is -0.457 e. The van der Waals surface area contributed by atoms with Crippen molar-refractivity contribution in [3.8, 4) is 5.75 Å². The number of nitro groups is 1. The zero-order valence-electron chi connectivity index (χ0n) is 12.8. The van der Waals surface area contributed by atoms with Crippen molar-refractivity contribution >= 4 is 17.5 Å². The molecule has 0 heterocycles. The normalized spacial score (nSPS) is 11.1. The van der Waals surface area contributed by atoms with Gasteiger partial charge in [-0.2, -0.15) is 0 Å². The van der Waals surface area contributed by atoms with Gasteiger partial charge in [0.2, 0.25) is 0 Å². The molecule has 0 saturated carbocycles. The Hall–Kier alpha value is -3.40. The van der Waals surface area contributed by atoms with Gasteiger partial charge in [0.25, 0.3) is 5.69 Å². The second kappa shape index (κ2) is 7.24. The minimum absolute atomic E-state index is 0.0376. The summed E-state index contributed by atoms with van der Waals surface area (Å²) in [6, 6.07) is 25.6. The molecule has 0 amide bonds. The van der Waals surface area contributed by atoms with E-state index in [1.54, 1.807) is 12.1 Å². The lowest BCUT2D eigenvalue weighted by atomic mass is 10.1. The maximum Gasteiger partial charge on any atom is 0.269 e. The van der Waals surface area contributed by atoms with Crippen LogP contribution in [-0.2, 0) is 0 Å². The molecule has 4 nitrogen and oxygen atoms in total. The van der Waals surface area contributed by atoms with Crippen LogP contribution in [0.2, 0.25) is 0 Å². The van der Waals surface area contributed by atoms with Crippen molar-refractivity contribution in [2.45, 2.75) is 0 Å². The van der Waals surface area contributed by atoms with Crippen molar-refractivity contribution in [2.24, 2.45) is 0 Å². The molecule has 4 heteroatoms. The number of ether oxygens (including phenoxy) is 1. The summed E-state index contributed by atoms with van der Waals surface area (Å²) in [4.78, 5) is 10.3. The van der Waals surface area contributed by atoms with Gasteiger partial charge in [0.05, 0.1) is 4.92 Å². The van der Waals surface area contributed by atoms with Gasteiger partial charge in [-0.25, -0.2) is 0 Å². The van der Waals surface area contributed by atoms with Gasteiger partial charge >= 0.3 is 0 Å². The maximum absolute atomic E-state index is 10.8. The number of hydrogen-bond donors (Lipinski definition) is 0. The summed E-state index contributed by atoms with van der Waals surface area (Å²) in [6.07, 6.45) is 1.94. The molecular formula is C20H15NO3. The van der Waals surface area contributed by atoms with Crippen molar-refractivity contribution in [1.82, 2.24) is 0 Å². The lowest BCUT2D eigenvalue weighted by Gasteiger charge is -2.11. The lowest BCUT2D eigenvalue weighted by molar-refractivity contribution is -0.384. The van der Waals surface area contributed by atoms with Gasteiger partial charge in [-0.05, 0) is 23.8 Å². The highest BCUT2D eigenvalue weighted by molar-refractivity contribution is 5.78. The van der Waals surface area contributed by atoms with Gasteiger partial charge in [0.1, 0.15) is 11.5 Å².